The number of hydrogen-bond acceptors (Lipinski definition) is 4. The SMILES string of the molecule is OCCn1cc(C2=CCN(CCN3CCCCC3)CC2)cn1. The van der Waals surface area contributed by atoms with Gasteiger partial charge in [-0.15, -0.1) is 0 Å². The molecule has 0 amide bonds. The van der Waals surface area contributed by atoms with Crippen LogP contribution < -0.4 is 0 Å². The minimum Gasteiger partial charge on any atom is -0.394 e. The zero-order valence-electron chi connectivity index (χ0n) is 13.5. The van der Waals surface area contributed by atoms with Crippen LogP contribution in [0, 0.1) is 0 Å². The third-order valence-electron chi connectivity index (χ3n) is 4.81. The molecule has 22 heavy (non-hydrogen) atoms. The number of nitrogens with zero attached hydrogens (tertiary/aromatic N) is 4. The third-order valence-corrected chi connectivity index (χ3v) is 4.81. The lowest BCUT2D eigenvalue weighted by molar-refractivity contribution is 0.188. The lowest BCUT2D eigenvalue weighted by atomic mass is 10.0. The van der Waals surface area contributed by atoms with Crippen molar-refractivity contribution in [3.05, 3.63) is 24.0 Å². The maximum Gasteiger partial charge on any atom is 0.0641 e. The van der Waals surface area contributed by atoms with E-state index in [1.807, 2.05) is 17.1 Å². The molecule has 1 fully saturated rings. The fourth-order valence-electron chi connectivity index (χ4n) is 3.40. The van der Waals surface area contributed by atoms with Crippen molar-refractivity contribution in [1.82, 2.24) is 19.6 Å². The second-order valence-electron chi connectivity index (χ2n) is 6.40. The Morgan fingerprint density at radius 2 is 1.82 bits per heavy atom. The average Bonchev–Trinajstić information content (AvgIpc) is 3.03. The van der Waals surface area contributed by atoms with Gasteiger partial charge in [0.15, 0.2) is 0 Å². The lowest BCUT2D eigenvalue weighted by Crippen LogP contribution is -2.39. The van der Waals surface area contributed by atoms with Gasteiger partial charge < -0.3 is 10.0 Å². The molecule has 3 rings (SSSR count). The molecule has 3 heterocycles. The Morgan fingerprint density at radius 3 is 2.55 bits per heavy atom. The van der Waals surface area contributed by atoms with E-state index in [4.69, 9.17) is 5.11 Å². The number of hydrogen-bond donors (Lipinski definition) is 1. The van der Waals surface area contributed by atoms with E-state index in [1.165, 1.54) is 56.6 Å². The van der Waals surface area contributed by atoms with Gasteiger partial charge in [-0.05, 0) is 37.9 Å². The van der Waals surface area contributed by atoms with E-state index in [0.717, 1.165) is 19.5 Å². The van der Waals surface area contributed by atoms with Crippen LogP contribution in [0.15, 0.2) is 18.5 Å². The van der Waals surface area contributed by atoms with E-state index in [0.29, 0.717) is 6.54 Å². The Balaban J connectivity index is 1.46. The highest BCUT2D eigenvalue weighted by molar-refractivity contribution is 5.65. The Morgan fingerprint density at radius 1 is 1.00 bits per heavy atom. The second kappa shape index (κ2) is 7.90. The zero-order chi connectivity index (χ0) is 15.2. The summed E-state index contributed by atoms with van der Waals surface area (Å²) in [4.78, 5) is 5.16. The molecular weight excluding hydrogens is 276 g/mol. The highest BCUT2D eigenvalue weighted by Gasteiger charge is 2.16. The van der Waals surface area contributed by atoms with Crippen LogP contribution in [-0.4, -0.2) is 70.6 Å². The van der Waals surface area contributed by atoms with E-state index >= 15 is 0 Å². The Labute approximate surface area is 133 Å². The lowest BCUT2D eigenvalue weighted by Gasteiger charge is -2.31. The minimum atomic E-state index is 0.143. The van der Waals surface area contributed by atoms with Crippen molar-refractivity contribution in [2.75, 3.05) is 45.9 Å². The number of piperidine rings is 1. The summed E-state index contributed by atoms with van der Waals surface area (Å²) in [5.41, 5.74) is 2.61. The van der Waals surface area contributed by atoms with Crippen molar-refractivity contribution >= 4 is 5.57 Å². The summed E-state index contributed by atoms with van der Waals surface area (Å²) in [5.74, 6) is 0. The Hall–Kier alpha value is -1.17. The van der Waals surface area contributed by atoms with Gasteiger partial charge in [0.2, 0.25) is 0 Å². The largest absolute Gasteiger partial charge is 0.394 e. The van der Waals surface area contributed by atoms with Crippen molar-refractivity contribution in [3.63, 3.8) is 0 Å². The van der Waals surface area contributed by atoms with Gasteiger partial charge in [0.05, 0.1) is 19.3 Å². The maximum atomic E-state index is 8.95. The molecule has 0 radical (unpaired) electrons. The van der Waals surface area contributed by atoms with Crippen LogP contribution in [-0.2, 0) is 6.54 Å². The van der Waals surface area contributed by atoms with Gasteiger partial charge in [-0.25, -0.2) is 0 Å². The molecule has 1 N–H and O–H groups in total. The Kier molecular flexibility index (Phi) is 5.64. The van der Waals surface area contributed by atoms with Crippen molar-refractivity contribution in [3.8, 4) is 0 Å². The molecule has 5 heteroatoms. The molecule has 0 aromatic carbocycles. The van der Waals surface area contributed by atoms with E-state index in [9.17, 15) is 0 Å². The molecule has 0 atom stereocenters. The van der Waals surface area contributed by atoms with Gasteiger partial charge in [-0.2, -0.15) is 5.10 Å². The molecular formula is C17H28N4O. The summed E-state index contributed by atoms with van der Waals surface area (Å²) >= 11 is 0. The minimum absolute atomic E-state index is 0.143. The van der Waals surface area contributed by atoms with Crippen LogP contribution in [0.5, 0.6) is 0 Å². The van der Waals surface area contributed by atoms with Crippen molar-refractivity contribution in [2.24, 2.45) is 0 Å². The van der Waals surface area contributed by atoms with Gasteiger partial charge in [0.1, 0.15) is 0 Å². The van der Waals surface area contributed by atoms with Gasteiger partial charge in [0, 0.05) is 37.9 Å². The molecule has 2 aliphatic heterocycles. The van der Waals surface area contributed by atoms with Crippen LogP contribution >= 0.6 is 0 Å². The van der Waals surface area contributed by atoms with Crippen molar-refractivity contribution in [1.29, 1.82) is 0 Å². The monoisotopic (exact) mass is 304 g/mol. The highest BCUT2D eigenvalue weighted by atomic mass is 16.3. The standard InChI is InChI=1S/C17H28N4O/c22-13-12-21-15-17(14-18-21)16-4-8-20(9-5-16)11-10-19-6-2-1-3-7-19/h4,14-15,22H,1-3,5-13H2. The number of rotatable bonds is 6. The molecule has 1 aromatic rings. The fraction of sp³-hybridized carbons (Fsp3) is 0.706. The van der Waals surface area contributed by atoms with E-state index in [1.54, 1.807) is 0 Å². The predicted octanol–water partition coefficient (Wildman–Crippen LogP) is 1.45. The fourth-order valence-corrected chi connectivity index (χ4v) is 3.40. The number of aliphatic hydroxyl groups excluding tert-OH is 1. The number of aliphatic hydroxyl groups is 1. The summed E-state index contributed by atoms with van der Waals surface area (Å²) in [6.07, 6.45) is 11.6. The topological polar surface area (TPSA) is 44.5 Å². The molecule has 1 aromatic heterocycles. The summed E-state index contributed by atoms with van der Waals surface area (Å²) in [5, 5.41) is 13.2. The van der Waals surface area contributed by atoms with Gasteiger partial charge >= 0.3 is 0 Å². The van der Waals surface area contributed by atoms with Crippen molar-refractivity contribution < 1.29 is 5.11 Å². The summed E-state index contributed by atoms with van der Waals surface area (Å²) in [6.45, 7) is 7.90. The number of aromatic nitrogens is 2. The summed E-state index contributed by atoms with van der Waals surface area (Å²) < 4.78 is 1.82. The van der Waals surface area contributed by atoms with Crippen LogP contribution in [0.25, 0.3) is 5.57 Å². The Bertz CT molecular complexity index is 491. The average molecular weight is 304 g/mol. The highest BCUT2D eigenvalue weighted by Crippen LogP contribution is 2.21. The van der Waals surface area contributed by atoms with Gasteiger partial charge in [-0.3, -0.25) is 9.58 Å². The maximum absolute atomic E-state index is 8.95. The van der Waals surface area contributed by atoms with Gasteiger partial charge in [-0.1, -0.05) is 12.5 Å². The third kappa shape index (κ3) is 4.18. The molecule has 0 bridgehead atoms. The molecule has 122 valence electrons. The van der Waals surface area contributed by atoms with Crippen LogP contribution in [0.3, 0.4) is 0 Å². The molecule has 1 saturated heterocycles. The molecule has 5 nitrogen and oxygen atoms in total. The summed E-state index contributed by atoms with van der Waals surface area (Å²) in [6, 6.07) is 0. The smallest absolute Gasteiger partial charge is 0.0641 e. The number of likely N-dealkylation sites (tertiary alicyclic amines) is 1. The molecule has 0 aliphatic carbocycles. The quantitative estimate of drug-likeness (QED) is 0.864. The first-order valence-electron chi connectivity index (χ1n) is 8.62. The normalized spacial score (nSPS) is 21.0. The van der Waals surface area contributed by atoms with Crippen LogP contribution in [0.2, 0.25) is 0 Å². The molecule has 0 unspecified atom stereocenters. The second-order valence-corrected chi connectivity index (χ2v) is 6.40. The zero-order valence-corrected chi connectivity index (χ0v) is 13.5. The van der Waals surface area contributed by atoms with E-state index in [2.05, 4.69) is 21.0 Å². The van der Waals surface area contributed by atoms with E-state index in [-0.39, 0.29) is 6.61 Å². The first kappa shape index (κ1) is 15.7. The predicted molar refractivity (Wildman–Crippen MR) is 88.6 cm³/mol. The molecule has 2 aliphatic rings. The first-order valence-corrected chi connectivity index (χ1v) is 8.62. The van der Waals surface area contributed by atoms with E-state index < -0.39 is 0 Å². The van der Waals surface area contributed by atoms with Crippen LogP contribution in [0.4, 0.5) is 0 Å². The van der Waals surface area contributed by atoms with Gasteiger partial charge in [0.25, 0.3) is 0 Å². The van der Waals surface area contributed by atoms with Crippen LogP contribution in [0.1, 0.15) is 31.2 Å². The summed E-state index contributed by atoms with van der Waals surface area (Å²) in [7, 11) is 0. The first-order chi connectivity index (χ1) is 10.8. The molecule has 0 saturated carbocycles. The van der Waals surface area contributed by atoms with Crippen molar-refractivity contribution in [2.45, 2.75) is 32.2 Å². The molecule has 0 spiro atoms.